The van der Waals surface area contributed by atoms with Gasteiger partial charge in [0.15, 0.2) is 0 Å². The summed E-state index contributed by atoms with van der Waals surface area (Å²) in [5.41, 5.74) is 0. The molecular formula is C13H28N2O. The van der Waals surface area contributed by atoms with E-state index in [1.807, 2.05) is 0 Å². The lowest BCUT2D eigenvalue weighted by Gasteiger charge is -2.40. The van der Waals surface area contributed by atoms with Gasteiger partial charge < -0.3 is 15.3 Å². The van der Waals surface area contributed by atoms with Gasteiger partial charge in [0.25, 0.3) is 0 Å². The van der Waals surface area contributed by atoms with Gasteiger partial charge in [0.1, 0.15) is 0 Å². The van der Waals surface area contributed by atoms with Crippen molar-refractivity contribution >= 4 is 0 Å². The van der Waals surface area contributed by atoms with Gasteiger partial charge in [-0.2, -0.15) is 0 Å². The fourth-order valence-corrected chi connectivity index (χ4v) is 2.55. The molecule has 0 saturated carbocycles. The van der Waals surface area contributed by atoms with E-state index in [4.69, 9.17) is 0 Å². The molecule has 0 bridgehead atoms. The minimum Gasteiger partial charge on any atom is -0.392 e. The van der Waals surface area contributed by atoms with Crippen LogP contribution in [0, 0.1) is 5.92 Å². The summed E-state index contributed by atoms with van der Waals surface area (Å²) in [6.45, 7) is 8.60. The molecule has 0 amide bonds. The maximum absolute atomic E-state index is 9.71. The molecule has 4 atom stereocenters. The molecule has 3 nitrogen and oxygen atoms in total. The molecule has 4 unspecified atom stereocenters. The Bertz CT molecular complexity index is 198. The Morgan fingerprint density at radius 2 is 2.12 bits per heavy atom. The summed E-state index contributed by atoms with van der Waals surface area (Å²) in [6, 6.07) is 1.22. The Balaban J connectivity index is 2.30. The Kier molecular flexibility index (Phi) is 5.73. The molecule has 1 fully saturated rings. The largest absolute Gasteiger partial charge is 0.392 e. The van der Waals surface area contributed by atoms with E-state index in [-0.39, 0.29) is 6.10 Å². The third-order valence-corrected chi connectivity index (χ3v) is 3.85. The molecule has 0 aromatic rings. The van der Waals surface area contributed by atoms with Crippen molar-refractivity contribution in [2.75, 3.05) is 20.1 Å². The first-order valence-electron chi connectivity index (χ1n) is 6.66. The Labute approximate surface area is 100 Å². The van der Waals surface area contributed by atoms with E-state index in [2.05, 4.69) is 38.0 Å². The SMILES string of the molecule is CCCC(O)CNC1CC(C)N(C)CC1C. The van der Waals surface area contributed by atoms with Crippen molar-refractivity contribution in [2.45, 2.75) is 58.2 Å². The van der Waals surface area contributed by atoms with Gasteiger partial charge in [-0.05, 0) is 32.7 Å². The van der Waals surface area contributed by atoms with Crippen LogP contribution in [0.1, 0.15) is 40.0 Å². The highest BCUT2D eigenvalue weighted by Gasteiger charge is 2.28. The first-order valence-corrected chi connectivity index (χ1v) is 6.66. The molecule has 0 aromatic carbocycles. The summed E-state index contributed by atoms with van der Waals surface area (Å²) in [7, 11) is 2.20. The van der Waals surface area contributed by atoms with Crippen molar-refractivity contribution in [2.24, 2.45) is 5.92 Å². The molecule has 1 aliphatic heterocycles. The van der Waals surface area contributed by atoms with Crippen LogP contribution in [0.15, 0.2) is 0 Å². The molecule has 1 heterocycles. The molecule has 1 rings (SSSR count). The first kappa shape index (κ1) is 13.9. The van der Waals surface area contributed by atoms with Crippen LogP contribution in [-0.2, 0) is 0 Å². The highest BCUT2D eigenvalue weighted by Crippen LogP contribution is 2.20. The molecule has 0 spiro atoms. The lowest BCUT2D eigenvalue weighted by molar-refractivity contribution is 0.103. The lowest BCUT2D eigenvalue weighted by atomic mass is 9.89. The fraction of sp³-hybridized carbons (Fsp3) is 1.00. The van der Waals surface area contributed by atoms with E-state index in [0.717, 1.165) is 25.9 Å². The zero-order valence-corrected chi connectivity index (χ0v) is 11.2. The third kappa shape index (κ3) is 4.04. The van der Waals surface area contributed by atoms with Crippen LogP contribution in [0.25, 0.3) is 0 Å². The topological polar surface area (TPSA) is 35.5 Å². The predicted molar refractivity (Wildman–Crippen MR) is 68.6 cm³/mol. The van der Waals surface area contributed by atoms with E-state index in [0.29, 0.717) is 18.0 Å². The summed E-state index contributed by atoms with van der Waals surface area (Å²) in [6.07, 6.45) is 2.98. The smallest absolute Gasteiger partial charge is 0.0664 e. The average Bonchev–Trinajstić information content (AvgIpc) is 2.22. The molecule has 1 aliphatic rings. The van der Waals surface area contributed by atoms with Crippen molar-refractivity contribution in [1.82, 2.24) is 10.2 Å². The molecule has 0 aromatic heterocycles. The van der Waals surface area contributed by atoms with Gasteiger partial charge >= 0.3 is 0 Å². The molecule has 0 aliphatic carbocycles. The van der Waals surface area contributed by atoms with Crippen LogP contribution >= 0.6 is 0 Å². The van der Waals surface area contributed by atoms with E-state index in [9.17, 15) is 5.11 Å². The third-order valence-electron chi connectivity index (χ3n) is 3.85. The standard InChI is InChI=1S/C13H28N2O/c1-5-6-12(16)8-14-13-7-11(3)15(4)9-10(13)2/h10-14,16H,5-9H2,1-4H3. The van der Waals surface area contributed by atoms with E-state index in [1.54, 1.807) is 0 Å². The highest BCUT2D eigenvalue weighted by molar-refractivity contribution is 4.86. The number of likely N-dealkylation sites (tertiary alicyclic amines) is 1. The lowest BCUT2D eigenvalue weighted by Crippen LogP contribution is -2.52. The second kappa shape index (κ2) is 6.58. The Hall–Kier alpha value is -0.120. The van der Waals surface area contributed by atoms with E-state index in [1.165, 1.54) is 6.42 Å². The summed E-state index contributed by atoms with van der Waals surface area (Å²) in [5.74, 6) is 0.676. The van der Waals surface area contributed by atoms with Crippen LogP contribution in [0.4, 0.5) is 0 Å². The Morgan fingerprint density at radius 3 is 2.75 bits per heavy atom. The van der Waals surface area contributed by atoms with Crippen LogP contribution < -0.4 is 5.32 Å². The quantitative estimate of drug-likeness (QED) is 0.748. The number of rotatable bonds is 5. The second-order valence-electron chi connectivity index (χ2n) is 5.46. The fourth-order valence-electron chi connectivity index (χ4n) is 2.55. The predicted octanol–water partition coefficient (Wildman–Crippen LogP) is 1.47. The maximum Gasteiger partial charge on any atom is 0.0664 e. The van der Waals surface area contributed by atoms with Crippen molar-refractivity contribution in [3.8, 4) is 0 Å². The number of aliphatic hydroxyl groups excluding tert-OH is 1. The molecule has 3 heteroatoms. The summed E-state index contributed by atoms with van der Waals surface area (Å²) >= 11 is 0. The maximum atomic E-state index is 9.71. The van der Waals surface area contributed by atoms with Crippen molar-refractivity contribution < 1.29 is 5.11 Å². The van der Waals surface area contributed by atoms with Crippen molar-refractivity contribution in [1.29, 1.82) is 0 Å². The number of piperidine rings is 1. The first-order chi connectivity index (χ1) is 7.54. The average molecular weight is 228 g/mol. The van der Waals surface area contributed by atoms with Gasteiger partial charge in [0, 0.05) is 25.2 Å². The number of hydrogen-bond donors (Lipinski definition) is 2. The van der Waals surface area contributed by atoms with Gasteiger partial charge in [-0.1, -0.05) is 20.3 Å². The summed E-state index contributed by atoms with van der Waals surface area (Å²) in [5, 5.41) is 13.2. The van der Waals surface area contributed by atoms with Gasteiger partial charge in [-0.15, -0.1) is 0 Å². The van der Waals surface area contributed by atoms with Gasteiger partial charge in [-0.25, -0.2) is 0 Å². The van der Waals surface area contributed by atoms with Crippen LogP contribution in [-0.4, -0.2) is 48.3 Å². The van der Waals surface area contributed by atoms with Crippen LogP contribution in [0.3, 0.4) is 0 Å². The number of nitrogens with one attached hydrogen (secondary N) is 1. The number of aliphatic hydroxyl groups is 1. The monoisotopic (exact) mass is 228 g/mol. The summed E-state index contributed by atoms with van der Waals surface area (Å²) < 4.78 is 0. The molecule has 1 saturated heterocycles. The molecule has 2 N–H and O–H groups in total. The summed E-state index contributed by atoms with van der Waals surface area (Å²) in [4.78, 5) is 2.42. The highest BCUT2D eigenvalue weighted by atomic mass is 16.3. The van der Waals surface area contributed by atoms with Crippen molar-refractivity contribution in [3.05, 3.63) is 0 Å². The van der Waals surface area contributed by atoms with Gasteiger partial charge in [0.05, 0.1) is 6.10 Å². The molecule has 96 valence electrons. The van der Waals surface area contributed by atoms with Crippen LogP contribution in [0.2, 0.25) is 0 Å². The van der Waals surface area contributed by atoms with Gasteiger partial charge in [-0.3, -0.25) is 0 Å². The molecular weight excluding hydrogens is 200 g/mol. The zero-order valence-electron chi connectivity index (χ0n) is 11.2. The van der Waals surface area contributed by atoms with Crippen molar-refractivity contribution in [3.63, 3.8) is 0 Å². The Morgan fingerprint density at radius 1 is 1.44 bits per heavy atom. The normalized spacial score (nSPS) is 33.9. The second-order valence-corrected chi connectivity index (χ2v) is 5.46. The van der Waals surface area contributed by atoms with E-state index < -0.39 is 0 Å². The minimum atomic E-state index is -0.174. The number of nitrogens with zero attached hydrogens (tertiary/aromatic N) is 1. The molecule has 16 heavy (non-hydrogen) atoms. The molecule has 0 radical (unpaired) electrons. The van der Waals surface area contributed by atoms with Crippen LogP contribution in [0.5, 0.6) is 0 Å². The minimum absolute atomic E-state index is 0.174. The number of hydrogen-bond acceptors (Lipinski definition) is 3. The van der Waals surface area contributed by atoms with Gasteiger partial charge in [0.2, 0.25) is 0 Å². The van der Waals surface area contributed by atoms with E-state index >= 15 is 0 Å². The zero-order chi connectivity index (χ0) is 12.1.